The number of nitrogens with zero attached hydrogens (tertiary/aromatic N) is 2. The molecule has 7 heteroatoms. The third-order valence-electron chi connectivity index (χ3n) is 4.07. The van der Waals surface area contributed by atoms with E-state index in [1.54, 1.807) is 42.2 Å². The Balaban J connectivity index is 2.15. The molecule has 3 rings (SSSR count). The van der Waals surface area contributed by atoms with Gasteiger partial charge in [0.2, 0.25) is 0 Å². The van der Waals surface area contributed by atoms with Crippen molar-refractivity contribution in [2.45, 2.75) is 26.5 Å². The molecule has 130 valence electrons. The van der Waals surface area contributed by atoms with E-state index in [-0.39, 0.29) is 5.56 Å². The number of carbonyl (C=O) groups is 1. The summed E-state index contributed by atoms with van der Waals surface area (Å²) < 4.78 is 1.65. The number of halogens is 1. The molecule has 0 saturated heterocycles. The Morgan fingerprint density at radius 3 is 2.68 bits per heavy atom. The largest absolute Gasteiger partial charge is 0.478 e. The van der Waals surface area contributed by atoms with Crippen LogP contribution in [0.1, 0.15) is 23.0 Å². The van der Waals surface area contributed by atoms with Crippen molar-refractivity contribution < 1.29 is 15.0 Å². The maximum atomic E-state index is 11.9. The van der Waals surface area contributed by atoms with Crippen molar-refractivity contribution in [3.05, 3.63) is 52.9 Å². The predicted molar refractivity (Wildman–Crippen MR) is 95.8 cm³/mol. The van der Waals surface area contributed by atoms with Gasteiger partial charge in [-0.3, -0.25) is 4.68 Å². The lowest BCUT2D eigenvalue weighted by Crippen LogP contribution is -2.14. The summed E-state index contributed by atoms with van der Waals surface area (Å²) in [5, 5.41) is 24.1. The Labute approximate surface area is 149 Å². The smallest absolute Gasteiger partial charge is 0.338 e. The van der Waals surface area contributed by atoms with Crippen molar-refractivity contribution in [1.29, 1.82) is 0 Å². The zero-order chi connectivity index (χ0) is 18.1. The number of carboxylic acid groups (broad SMARTS) is 1. The summed E-state index contributed by atoms with van der Waals surface area (Å²) in [6.45, 7) is 3.85. The summed E-state index contributed by atoms with van der Waals surface area (Å²) in [5.41, 5.74) is 3.24. The van der Waals surface area contributed by atoms with Crippen LogP contribution in [0.15, 0.2) is 36.7 Å². The second-order valence-corrected chi connectivity index (χ2v) is 6.32. The number of aliphatic hydroxyl groups excluding tert-OH is 1. The van der Waals surface area contributed by atoms with E-state index in [1.807, 2.05) is 13.0 Å². The van der Waals surface area contributed by atoms with Crippen LogP contribution in [0.2, 0.25) is 5.02 Å². The monoisotopic (exact) mass is 359 g/mol. The van der Waals surface area contributed by atoms with Gasteiger partial charge in [-0.05, 0) is 19.9 Å². The van der Waals surface area contributed by atoms with Crippen LogP contribution < -0.4 is 0 Å². The summed E-state index contributed by atoms with van der Waals surface area (Å²) in [7, 11) is 0. The number of aliphatic hydroxyl groups is 1. The Bertz CT molecular complexity index is 928. The standard InChI is InChI=1S/C18H18ClN3O3/c1-10(23)9-22-11(2)13(8-21-22)17-16(18(24)25)14(7-20-17)12-5-3-4-6-15(12)19/h3-8,10,20,23H,9H2,1-2H3,(H,24,25)/t10-/m0/s1. The average molecular weight is 360 g/mol. The third kappa shape index (κ3) is 3.18. The molecule has 0 fully saturated rings. The molecule has 3 N–H and O–H groups in total. The SMILES string of the molecule is Cc1c(-c2[nH]cc(-c3ccccc3Cl)c2C(=O)O)cnn1C[C@H](C)O. The van der Waals surface area contributed by atoms with Gasteiger partial charge in [0.1, 0.15) is 0 Å². The van der Waals surface area contributed by atoms with Crippen LogP contribution in [0, 0.1) is 6.92 Å². The van der Waals surface area contributed by atoms with Crippen LogP contribution in [0.3, 0.4) is 0 Å². The van der Waals surface area contributed by atoms with Gasteiger partial charge < -0.3 is 15.2 Å². The molecule has 3 aromatic rings. The number of aromatic nitrogens is 3. The Hall–Kier alpha value is -2.57. The van der Waals surface area contributed by atoms with Crippen molar-refractivity contribution in [3.63, 3.8) is 0 Å². The highest BCUT2D eigenvalue weighted by molar-refractivity contribution is 6.33. The van der Waals surface area contributed by atoms with E-state index in [0.717, 1.165) is 5.69 Å². The molecular formula is C18H18ClN3O3. The fourth-order valence-corrected chi connectivity index (χ4v) is 3.11. The number of nitrogens with one attached hydrogen (secondary N) is 1. The zero-order valence-corrected chi connectivity index (χ0v) is 14.6. The van der Waals surface area contributed by atoms with Gasteiger partial charge in [-0.15, -0.1) is 0 Å². The van der Waals surface area contributed by atoms with Crippen LogP contribution in [-0.2, 0) is 6.54 Å². The lowest BCUT2D eigenvalue weighted by Gasteiger charge is -2.08. The van der Waals surface area contributed by atoms with E-state index in [2.05, 4.69) is 10.1 Å². The predicted octanol–water partition coefficient (Wildman–Crippen LogP) is 3.59. The number of aromatic carboxylic acids is 1. The van der Waals surface area contributed by atoms with E-state index >= 15 is 0 Å². The molecular weight excluding hydrogens is 342 g/mol. The maximum absolute atomic E-state index is 11.9. The minimum absolute atomic E-state index is 0.146. The highest BCUT2D eigenvalue weighted by Crippen LogP contribution is 2.36. The fourth-order valence-electron chi connectivity index (χ4n) is 2.88. The van der Waals surface area contributed by atoms with Crippen LogP contribution in [0.4, 0.5) is 0 Å². The lowest BCUT2D eigenvalue weighted by atomic mass is 10.0. The van der Waals surface area contributed by atoms with E-state index in [1.165, 1.54) is 0 Å². The van der Waals surface area contributed by atoms with Crippen molar-refractivity contribution >= 4 is 17.6 Å². The second-order valence-electron chi connectivity index (χ2n) is 5.91. The van der Waals surface area contributed by atoms with Gasteiger partial charge in [0.15, 0.2) is 0 Å². The van der Waals surface area contributed by atoms with Crippen LogP contribution in [0.5, 0.6) is 0 Å². The quantitative estimate of drug-likeness (QED) is 0.649. The highest BCUT2D eigenvalue weighted by Gasteiger charge is 2.24. The number of benzene rings is 1. The normalized spacial score (nSPS) is 12.3. The summed E-state index contributed by atoms with van der Waals surface area (Å²) in [5.74, 6) is -1.05. The lowest BCUT2D eigenvalue weighted by molar-refractivity contribution is 0.0698. The summed E-state index contributed by atoms with van der Waals surface area (Å²) >= 11 is 6.23. The van der Waals surface area contributed by atoms with Gasteiger partial charge in [-0.2, -0.15) is 5.10 Å². The Morgan fingerprint density at radius 2 is 2.04 bits per heavy atom. The molecule has 1 aromatic carbocycles. The molecule has 0 radical (unpaired) electrons. The van der Waals surface area contributed by atoms with Crippen LogP contribution in [0.25, 0.3) is 22.4 Å². The second kappa shape index (κ2) is 6.74. The van der Waals surface area contributed by atoms with Gasteiger partial charge in [-0.25, -0.2) is 4.79 Å². The molecule has 0 aliphatic heterocycles. The molecule has 6 nitrogen and oxygen atoms in total. The van der Waals surface area contributed by atoms with Crippen molar-refractivity contribution in [2.24, 2.45) is 0 Å². The maximum Gasteiger partial charge on any atom is 0.338 e. The third-order valence-corrected chi connectivity index (χ3v) is 4.40. The topological polar surface area (TPSA) is 91.1 Å². The van der Waals surface area contributed by atoms with E-state index in [9.17, 15) is 15.0 Å². The first kappa shape index (κ1) is 17.3. The molecule has 0 spiro atoms. The average Bonchev–Trinajstić information content (AvgIpc) is 3.12. The fraction of sp³-hybridized carbons (Fsp3) is 0.222. The van der Waals surface area contributed by atoms with Gasteiger partial charge in [0.05, 0.1) is 30.1 Å². The number of H-pyrrole nitrogens is 1. The zero-order valence-electron chi connectivity index (χ0n) is 13.8. The van der Waals surface area contributed by atoms with E-state index < -0.39 is 12.1 Å². The molecule has 0 aliphatic carbocycles. The number of hydrogen-bond acceptors (Lipinski definition) is 3. The first-order valence-corrected chi connectivity index (χ1v) is 8.18. The minimum atomic E-state index is -1.05. The number of aromatic amines is 1. The van der Waals surface area contributed by atoms with Crippen molar-refractivity contribution in [3.8, 4) is 22.4 Å². The Kier molecular flexibility index (Phi) is 4.65. The highest BCUT2D eigenvalue weighted by atomic mass is 35.5. The molecule has 1 atom stereocenters. The first-order chi connectivity index (χ1) is 11.9. The molecule has 0 saturated carbocycles. The molecule has 0 aliphatic rings. The van der Waals surface area contributed by atoms with Crippen molar-refractivity contribution in [1.82, 2.24) is 14.8 Å². The van der Waals surface area contributed by atoms with Gasteiger partial charge in [0.25, 0.3) is 0 Å². The number of rotatable bonds is 5. The van der Waals surface area contributed by atoms with E-state index in [4.69, 9.17) is 11.6 Å². The van der Waals surface area contributed by atoms with Crippen LogP contribution >= 0.6 is 11.6 Å². The van der Waals surface area contributed by atoms with Crippen LogP contribution in [-0.4, -0.2) is 37.1 Å². The van der Waals surface area contributed by atoms with Gasteiger partial charge >= 0.3 is 5.97 Å². The van der Waals surface area contributed by atoms with E-state index in [0.29, 0.717) is 34.0 Å². The van der Waals surface area contributed by atoms with Gasteiger partial charge in [0, 0.05) is 33.6 Å². The molecule has 0 unspecified atom stereocenters. The molecule has 25 heavy (non-hydrogen) atoms. The first-order valence-electron chi connectivity index (χ1n) is 7.80. The molecule has 0 amide bonds. The summed E-state index contributed by atoms with van der Waals surface area (Å²) in [6, 6.07) is 7.11. The van der Waals surface area contributed by atoms with Crippen molar-refractivity contribution in [2.75, 3.05) is 0 Å². The summed E-state index contributed by atoms with van der Waals surface area (Å²) in [4.78, 5) is 15.0. The summed E-state index contributed by atoms with van der Waals surface area (Å²) in [6.07, 6.45) is 2.70. The molecule has 2 heterocycles. The minimum Gasteiger partial charge on any atom is -0.478 e. The molecule has 2 aromatic heterocycles. The van der Waals surface area contributed by atoms with Gasteiger partial charge in [-0.1, -0.05) is 29.8 Å². The number of hydrogen-bond donors (Lipinski definition) is 3. The Morgan fingerprint density at radius 1 is 1.32 bits per heavy atom. The number of carboxylic acids is 1. The molecule has 0 bridgehead atoms.